The molecule has 1 aromatic heterocycles. The van der Waals surface area contributed by atoms with E-state index in [0.29, 0.717) is 6.04 Å². The fraction of sp³-hybridized carbons (Fsp3) is 0.600. The minimum Gasteiger partial charge on any atom is -0.354 e. The van der Waals surface area contributed by atoms with E-state index in [0.717, 1.165) is 24.6 Å². The second kappa shape index (κ2) is 5.28. The second-order valence-electron chi connectivity index (χ2n) is 3.79. The topological polar surface area (TPSA) is 41.0 Å². The highest BCUT2D eigenvalue weighted by Gasteiger charge is 2.20. The molecule has 1 aromatic rings. The standard InChI is InChI=1S/C10H16N4.ClH/c1-8-3-4-10(13-12-8)14(2)9-5-6-11-7-9;/h3-4,9,11H,5-7H2,1-2H3;1H/t9-;/m1./s1. The van der Waals surface area contributed by atoms with Crippen molar-refractivity contribution in [1.29, 1.82) is 0 Å². The Balaban J connectivity index is 0.00000112. The highest BCUT2D eigenvalue weighted by Crippen LogP contribution is 2.14. The molecule has 0 bridgehead atoms. The Morgan fingerprint density at radius 1 is 1.40 bits per heavy atom. The van der Waals surface area contributed by atoms with Crippen LogP contribution in [0.4, 0.5) is 5.82 Å². The molecule has 1 fully saturated rings. The van der Waals surface area contributed by atoms with Gasteiger partial charge in [-0.15, -0.1) is 17.5 Å². The van der Waals surface area contributed by atoms with Crippen molar-refractivity contribution in [3.8, 4) is 0 Å². The van der Waals surface area contributed by atoms with Crippen LogP contribution in [0.25, 0.3) is 0 Å². The molecular formula is C10H17ClN4. The lowest BCUT2D eigenvalue weighted by Gasteiger charge is -2.24. The smallest absolute Gasteiger partial charge is 0.151 e. The summed E-state index contributed by atoms with van der Waals surface area (Å²) in [6.07, 6.45) is 1.19. The number of likely N-dealkylation sites (N-methyl/N-ethyl adjacent to an activating group) is 1. The van der Waals surface area contributed by atoms with Crippen LogP contribution in [0.5, 0.6) is 0 Å². The number of halogens is 1. The van der Waals surface area contributed by atoms with Gasteiger partial charge in [-0.2, -0.15) is 5.10 Å². The quantitative estimate of drug-likeness (QED) is 0.820. The Kier molecular flexibility index (Phi) is 4.29. The molecule has 1 aliphatic rings. The summed E-state index contributed by atoms with van der Waals surface area (Å²) in [5.41, 5.74) is 0.965. The summed E-state index contributed by atoms with van der Waals surface area (Å²) >= 11 is 0. The van der Waals surface area contributed by atoms with Gasteiger partial charge in [0.15, 0.2) is 5.82 Å². The SMILES string of the molecule is Cc1ccc(N(C)[C@@H]2CCNC2)nn1.Cl. The number of aromatic nitrogens is 2. The summed E-state index contributed by atoms with van der Waals surface area (Å²) in [4.78, 5) is 2.20. The van der Waals surface area contributed by atoms with Crippen molar-refractivity contribution in [2.24, 2.45) is 0 Å². The lowest BCUT2D eigenvalue weighted by atomic mass is 10.2. The zero-order valence-electron chi connectivity index (χ0n) is 9.10. The number of nitrogens with one attached hydrogen (secondary N) is 1. The maximum absolute atomic E-state index is 4.17. The molecule has 0 saturated carbocycles. The van der Waals surface area contributed by atoms with E-state index >= 15 is 0 Å². The van der Waals surface area contributed by atoms with Gasteiger partial charge in [-0.25, -0.2) is 0 Å². The van der Waals surface area contributed by atoms with Crippen LogP contribution in [0.2, 0.25) is 0 Å². The fourth-order valence-electron chi connectivity index (χ4n) is 1.74. The summed E-state index contributed by atoms with van der Waals surface area (Å²) < 4.78 is 0. The average Bonchev–Trinajstić information content (AvgIpc) is 2.71. The summed E-state index contributed by atoms with van der Waals surface area (Å²) in [5.74, 6) is 0.962. The predicted molar refractivity (Wildman–Crippen MR) is 63.7 cm³/mol. The van der Waals surface area contributed by atoms with Crippen molar-refractivity contribution in [2.45, 2.75) is 19.4 Å². The van der Waals surface area contributed by atoms with Crippen LogP contribution >= 0.6 is 12.4 Å². The minimum absolute atomic E-state index is 0. The molecule has 0 spiro atoms. The molecule has 2 heterocycles. The number of nitrogens with zero attached hydrogens (tertiary/aromatic N) is 3. The zero-order valence-corrected chi connectivity index (χ0v) is 9.92. The summed E-state index contributed by atoms with van der Waals surface area (Å²) in [7, 11) is 2.08. The Morgan fingerprint density at radius 2 is 2.20 bits per heavy atom. The minimum atomic E-state index is 0. The van der Waals surface area contributed by atoms with Crippen molar-refractivity contribution < 1.29 is 0 Å². The van der Waals surface area contributed by atoms with Gasteiger partial charge in [-0.3, -0.25) is 0 Å². The van der Waals surface area contributed by atoms with Crippen molar-refractivity contribution in [2.75, 3.05) is 25.0 Å². The van der Waals surface area contributed by atoms with Crippen LogP contribution in [0.15, 0.2) is 12.1 Å². The molecule has 0 amide bonds. The van der Waals surface area contributed by atoms with Gasteiger partial charge in [0.05, 0.1) is 5.69 Å². The first-order valence-corrected chi connectivity index (χ1v) is 5.01. The fourth-order valence-corrected chi connectivity index (χ4v) is 1.74. The largest absolute Gasteiger partial charge is 0.354 e. The lowest BCUT2D eigenvalue weighted by molar-refractivity contribution is 0.671. The van der Waals surface area contributed by atoms with E-state index in [-0.39, 0.29) is 12.4 Å². The first-order valence-electron chi connectivity index (χ1n) is 5.01. The first kappa shape index (κ1) is 12.2. The van der Waals surface area contributed by atoms with E-state index < -0.39 is 0 Å². The predicted octanol–water partition coefficient (Wildman–Crippen LogP) is 1.00. The van der Waals surface area contributed by atoms with E-state index in [2.05, 4.69) is 27.5 Å². The van der Waals surface area contributed by atoms with Gasteiger partial charge >= 0.3 is 0 Å². The van der Waals surface area contributed by atoms with E-state index in [9.17, 15) is 0 Å². The van der Waals surface area contributed by atoms with Crippen molar-refractivity contribution in [3.63, 3.8) is 0 Å². The zero-order chi connectivity index (χ0) is 9.97. The number of anilines is 1. The summed E-state index contributed by atoms with van der Waals surface area (Å²) in [6, 6.07) is 4.59. The number of hydrogen-bond donors (Lipinski definition) is 1. The lowest BCUT2D eigenvalue weighted by Crippen LogP contribution is -2.34. The number of hydrogen-bond acceptors (Lipinski definition) is 4. The molecule has 4 nitrogen and oxygen atoms in total. The molecule has 15 heavy (non-hydrogen) atoms. The maximum atomic E-state index is 4.17. The molecule has 0 aliphatic carbocycles. The molecular weight excluding hydrogens is 212 g/mol. The van der Waals surface area contributed by atoms with Crippen LogP contribution < -0.4 is 10.2 Å². The first-order chi connectivity index (χ1) is 6.77. The van der Waals surface area contributed by atoms with E-state index in [1.54, 1.807) is 0 Å². The Bertz CT molecular complexity index is 295. The third-order valence-corrected chi connectivity index (χ3v) is 2.73. The Labute approximate surface area is 96.5 Å². The van der Waals surface area contributed by atoms with Crippen molar-refractivity contribution in [3.05, 3.63) is 17.8 Å². The Morgan fingerprint density at radius 3 is 2.73 bits per heavy atom. The number of aryl methyl sites for hydroxylation is 1. The normalized spacial score (nSPS) is 19.7. The van der Waals surface area contributed by atoms with E-state index in [4.69, 9.17) is 0 Å². The van der Waals surface area contributed by atoms with Gasteiger partial charge in [0.25, 0.3) is 0 Å². The molecule has 5 heteroatoms. The third-order valence-electron chi connectivity index (χ3n) is 2.73. The molecule has 84 valence electrons. The van der Waals surface area contributed by atoms with Gasteiger partial charge in [-0.1, -0.05) is 0 Å². The number of rotatable bonds is 2. The van der Waals surface area contributed by atoms with Crippen LogP contribution in [0.1, 0.15) is 12.1 Å². The third kappa shape index (κ3) is 2.79. The van der Waals surface area contributed by atoms with Gasteiger partial charge in [0.1, 0.15) is 0 Å². The summed E-state index contributed by atoms with van der Waals surface area (Å²) in [6.45, 7) is 4.11. The second-order valence-corrected chi connectivity index (χ2v) is 3.79. The molecule has 0 radical (unpaired) electrons. The highest BCUT2D eigenvalue weighted by molar-refractivity contribution is 5.85. The van der Waals surface area contributed by atoms with Gasteiger partial charge < -0.3 is 10.2 Å². The van der Waals surface area contributed by atoms with Crippen molar-refractivity contribution in [1.82, 2.24) is 15.5 Å². The van der Waals surface area contributed by atoms with Gasteiger partial charge in [0.2, 0.25) is 0 Å². The van der Waals surface area contributed by atoms with E-state index in [1.165, 1.54) is 6.42 Å². The van der Waals surface area contributed by atoms with Gasteiger partial charge in [-0.05, 0) is 32.0 Å². The van der Waals surface area contributed by atoms with Crippen molar-refractivity contribution >= 4 is 18.2 Å². The monoisotopic (exact) mass is 228 g/mol. The molecule has 0 unspecified atom stereocenters. The molecule has 2 rings (SSSR count). The Hall–Kier alpha value is -0.870. The molecule has 1 N–H and O–H groups in total. The summed E-state index contributed by atoms with van der Waals surface area (Å²) in [5, 5.41) is 11.6. The van der Waals surface area contributed by atoms with Crippen LogP contribution in [-0.4, -0.2) is 36.4 Å². The highest BCUT2D eigenvalue weighted by atomic mass is 35.5. The van der Waals surface area contributed by atoms with Gasteiger partial charge in [0, 0.05) is 19.6 Å². The molecule has 1 aliphatic heterocycles. The van der Waals surface area contributed by atoms with Crippen LogP contribution in [0.3, 0.4) is 0 Å². The molecule has 1 saturated heterocycles. The molecule has 1 atom stereocenters. The average molecular weight is 229 g/mol. The van der Waals surface area contributed by atoms with Crippen LogP contribution in [-0.2, 0) is 0 Å². The van der Waals surface area contributed by atoms with Crippen LogP contribution in [0, 0.1) is 6.92 Å². The van der Waals surface area contributed by atoms with E-state index in [1.807, 2.05) is 19.1 Å². The molecule has 0 aromatic carbocycles. The maximum Gasteiger partial charge on any atom is 0.151 e.